The molecule has 138 valence electrons. The Bertz CT molecular complexity index is 472. The first-order valence-electron chi connectivity index (χ1n) is 8.27. The molecule has 0 saturated heterocycles. The van der Waals surface area contributed by atoms with Gasteiger partial charge in [-0.25, -0.2) is 0 Å². The molecule has 0 aliphatic heterocycles. The maximum atomic E-state index is 5.95. The molecule has 0 amide bonds. The summed E-state index contributed by atoms with van der Waals surface area (Å²) in [4.78, 5) is 0. The first kappa shape index (κ1) is 21.5. The molecule has 0 aromatic heterocycles. The van der Waals surface area contributed by atoms with Gasteiger partial charge in [0.1, 0.15) is 0 Å². The fourth-order valence-corrected chi connectivity index (χ4v) is 10.3. The van der Waals surface area contributed by atoms with E-state index in [2.05, 4.69) is 65.8 Å². The minimum Gasteiger partial charge on any atom is -0.394 e. The minimum absolute atomic E-state index is 0.0843. The van der Waals surface area contributed by atoms with Crippen molar-refractivity contribution >= 4 is 27.5 Å². The van der Waals surface area contributed by atoms with Gasteiger partial charge in [-0.15, -0.1) is 0 Å². The van der Waals surface area contributed by atoms with Gasteiger partial charge in [-0.1, -0.05) is 65.8 Å². The Kier molecular flexibility index (Phi) is 6.63. The van der Waals surface area contributed by atoms with Crippen molar-refractivity contribution in [2.75, 3.05) is 28.4 Å². The molecule has 1 aromatic carbocycles. The third kappa shape index (κ3) is 3.40. The first-order chi connectivity index (χ1) is 11.0. The molecule has 0 N–H and O–H groups in total. The molecule has 0 unspecified atom stereocenters. The van der Waals surface area contributed by atoms with Gasteiger partial charge < -0.3 is 17.7 Å². The average Bonchev–Trinajstić information content (AvgIpc) is 2.49. The quantitative estimate of drug-likeness (QED) is 0.721. The van der Waals surface area contributed by atoms with Crippen molar-refractivity contribution < 1.29 is 17.7 Å². The molecule has 6 heteroatoms. The van der Waals surface area contributed by atoms with Gasteiger partial charge in [-0.3, -0.25) is 0 Å². The molecular formula is C18H34O4Si2. The van der Waals surface area contributed by atoms with Crippen LogP contribution in [-0.4, -0.2) is 45.6 Å². The van der Waals surface area contributed by atoms with Crippen LogP contribution < -0.4 is 10.4 Å². The van der Waals surface area contributed by atoms with Crippen LogP contribution in [0.25, 0.3) is 0 Å². The van der Waals surface area contributed by atoms with Gasteiger partial charge in [0.25, 0.3) is 0 Å². The van der Waals surface area contributed by atoms with Crippen molar-refractivity contribution in [1.82, 2.24) is 0 Å². The summed E-state index contributed by atoms with van der Waals surface area (Å²) in [5.41, 5.74) is 0. The van der Waals surface area contributed by atoms with E-state index in [1.54, 1.807) is 28.4 Å². The summed E-state index contributed by atoms with van der Waals surface area (Å²) in [7, 11) is 1.90. The van der Waals surface area contributed by atoms with Crippen LogP contribution in [0.3, 0.4) is 0 Å². The molecule has 0 radical (unpaired) electrons. The van der Waals surface area contributed by atoms with Gasteiger partial charge in [0.2, 0.25) is 0 Å². The minimum atomic E-state index is -2.54. The largest absolute Gasteiger partial charge is 0.394 e. The highest BCUT2D eigenvalue weighted by Gasteiger charge is 2.52. The van der Waals surface area contributed by atoms with Crippen molar-refractivity contribution in [1.29, 1.82) is 0 Å². The van der Waals surface area contributed by atoms with E-state index in [1.807, 2.05) is 0 Å². The lowest BCUT2D eigenvalue weighted by Crippen LogP contribution is -2.61. The normalized spacial score (nSPS) is 14.1. The second-order valence-electron chi connectivity index (χ2n) is 8.13. The van der Waals surface area contributed by atoms with E-state index >= 15 is 0 Å². The van der Waals surface area contributed by atoms with Crippen LogP contribution in [0.2, 0.25) is 10.1 Å². The lowest BCUT2D eigenvalue weighted by Gasteiger charge is -2.40. The Balaban J connectivity index is 3.44. The topological polar surface area (TPSA) is 36.9 Å². The summed E-state index contributed by atoms with van der Waals surface area (Å²) < 4.78 is 23.8. The van der Waals surface area contributed by atoms with Gasteiger partial charge >= 0.3 is 17.1 Å². The zero-order chi connectivity index (χ0) is 18.8. The van der Waals surface area contributed by atoms with E-state index in [-0.39, 0.29) is 10.1 Å². The van der Waals surface area contributed by atoms with Gasteiger partial charge in [-0.2, -0.15) is 0 Å². The Morgan fingerprint density at radius 2 is 0.750 bits per heavy atom. The fraction of sp³-hybridized carbons (Fsp3) is 0.667. The highest BCUT2D eigenvalue weighted by atomic mass is 28.4. The third-order valence-corrected chi connectivity index (χ3v) is 13.2. The zero-order valence-electron chi connectivity index (χ0n) is 16.9. The lowest BCUT2D eigenvalue weighted by atomic mass is 10.2. The highest BCUT2D eigenvalue weighted by Crippen LogP contribution is 2.38. The standard InChI is InChI=1S/C18H34O4Si2/c1-17(2,3)23(19-7,20-8)15-11-13-16(14-12-15)24(21-9,22-10)18(4,5)6/h11-14H,1-10H3. The monoisotopic (exact) mass is 370 g/mol. The zero-order valence-corrected chi connectivity index (χ0v) is 18.9. The Morgan fingerprint density at radius 3 is 0.875 bits per heavy atom. The van der Waals surface area contributed by atoms with Crippen LogP contribution in [0.5, 0.6) is 0 Å². The van der Waals surface area contributed by atoms with E-state index in [1.165, 1.54) is 0 Å². The van der Waals surface area contributed by atoms with Crippen molar-refractivity contribution in [3.63, 3.8) is 0 Å². The molecule has 0 saturated carbocycles. The molecule has 0 aliphatic carbocycles. The third-order valence-electron chi connectivity index (χ3n) is 4.77. The van der Waals surface area contributed by atoms with E-state index in [0.29, 0.717) is 0 Å². The fourth-order valence-electron chi connectivity index (χ4n) is 3.64. The summed E-state index contributed by atoms with van der Waals surface area (Å²) in [6.07, 6.45) is 0. The van der Waals surface area contributed by atoms with E-state index in [4.69, 9.17) is 17.7 Å². The smallest absolute Gasteiger partial charge is 0.377 e. The first-order valence-corrected chi connectivity index (χ1v) is 11.9. The predicted octanol–water partition coefficient (Wildman–Crippen LogP) is 3.17. The molecule has 1 rings (SSSR count). The number of hydrogen-bond acceptors (Lipinski definition) is 4. The molecule has 0 spiro atoms. The number of hydrogen-bond donors (Lipinski definition) is 0. The maximum absolute atomic E-state index is 5.95. The predicted molar refractivity (Wildman–Crippen MR) is 105 cm³/mol. The number of rotatable bonds is 6. The molecule has 4 nitrogen and oxygen atoms in total. The molecule has 1 aromatic rings. The van der Waals surface area contributed by atoms with Gasteiger partial charge in [0, 0.05) is 38.5 Å². The lowest BCUT2D eigenvalue weighted by molar-refractivity contribution is 0.229. The summed E-state index contributed by atoms with van der Waals surface area (Å²) >= 11 is 0. The second kappa shape index (κ2) is 7.39. The van der Waals surface area contributed by atoms with Crippen molar-refractivity contribution in [3.8, 4) is 0 Å². The Morgan fingerprint density at radius 1 is 0.542 bits per heavy atom. The average molecular weight is 371 g/mol. The molecule has 0 heterocycles. The summed E-state index contributed by atoms with van der Waals surface area (Å²) in [6, 6.07) is 8.47. The molecule has 24 heavy (non-hydrogen) atoms. The van der Waals surface area contributed by atoms with Crippen LogP contribution in [-0.2, 0) is 17.7 Å². The number of benzene rings is 1. The van der Waals surface area contributed by atoms with Crippen molar-refractivity contribution in [2.45, 2.75) is 51.6 Å². The molecular weight excluding hydrogens is 336 g/mol. The molecule has 0 fully saturated rings. The van der Waals surface area contributed by atoms with Crippen LogP contribution >= 0.6 is 0 Å². The molecule has 0 aliphatic rings. The SMILES string of the molecule is CO[Si](OC)(c1ccc([Si](OC)(OC)C(C)(C)C)cc1)C(C)(C)C. The van der Waals surface area contributed by atoms with Gasteiger partial charge in [0.15, 0.2) is 0 Å². The molecule has 0 bridgehead atoms. The summed E-state index contributed by atoms with van der Waals surface area (Å²) in [6.45, 7) is 13.0. The second-order valence-corrected chi connectivity index (χ2v) is 16.4. The van der Waals surface area contributed by atoms with Crippen molar-refractivity contribution in [2.24, 2.45) is 0 Å². The summed E-state index contributed by atoms with van der Waals surface area (Å²) in [5, 5.41) is 2.07. The summed E-state index contributed by atoms with van der Waals surface area (Å²) in [5.74, 6) is 0. The van der Waals surface area contributed by atoms with E-state index < -0.39 is 17.1 Å². The van der Waals surface area contributed by atoms with Crippen LogP contribution in [0.1, 0.15) is 41.5 Å². The van der Waals surface area contributed by atoms with Crippen LogP contribution in [0.15, 0.2) is 24.3 Å². The van der Waals surface area contributed by atoms with E-state index in [9.17, 15) is 0 Å². The molecule has 0 atom stereocenters. The Labute approximate surface area is 150 Å². The van der Waals surface area contributed by atoms with Crippen LogP contribution in [0.4, 0.5) is 0 Å². The van der Waals surface area contributed by atoms with Crippen molar-refractivity contribution in [3.05, 3.63) is 24.3 Å². The maximum Gasteiger partial charge on any atom is 0.377 e. The van der Waals surface area contributed by atoms with Gasteiger partial charge in [0.05, 0.1) is 0 Å². The highest BCUT2D eigenvalue weighted by molar-refractivity contribution is 6.85. The van der Waals surface area contributed by atoms with Crippen LogP contribution in [0, 0.1) is 0 Å². The van der Waals surface area contributed by atoms with E-state index in [0.717, 1.165) is 10.4 Å². The van der Waals surface area contributed by atoms with Gasteiger partial charge in [-0.05, 0) is 10.4 Å². The Hall–Kier alpha value is -0.506.